The van der Waals surface area contributed by atoms with E-state index < -0.39 is 0 Å². The largest absolute Gasteiger partial charge is 0.340 e. The third kappa shape index (κ3) is 7.50. The number of benzene rings is 1. The van der Waals surface area contributed by atoms with Crippen LogP contribution >= 0.6 is 35.0 Å². The van der Waals surface area contributed by atoms with Gasteiger partial charge in [-0.1, -0.05) is 61.1 Å². The van der Waals surface area contributed by atoms with Crippen molar-refractivity contribution in [1.29, 1.82) is 0 Å². The highest BCUT2D eigenvalue weighted by molar-refractivity contribution is 8.03. The molecule has 0 bridgehead atoms. The van der Waals surface area contributed by atoms with Crippen LogP contribution in [0.2, 0.25) is 10.0 Å². The lowest BCUT2D eigenvalue weighted by molar-refractivity contribution is -0.125. The van der Waals surface area contributed by atoms with Gasteiger partial charge in [0, 0.05) is 29.1 Å². The highest BCUT2D eigenvalue weighted by atomic mass is 35.5. The van der Waals surface area contributed by atoms with Crippen LogP contribution in [0, 0.1) is 0 Å². The number of thioether (sulfide) groups is 1. The topological polar surface area (TPSA) is 20.3 Å². The van der Waals surface area contributed by atoms with E-state index in [4.69, 9.17) is 23.2 Å². The summed E-state index contributed by atoms with van der Waals surface area (Å²) >= 11 is 13.8. The van der Waals surface area contributed by atoms with Gasteiger partial charge in [-0.2, -0.15) is 0 Å². The number of hydrogen-bond donors (Lipinski definition) is 0. The number of likely N-dealkylation sites (N-methyl/N-ethyl adjacent to an activating group) is 1. The summed E-state index contributed by atoms with van der Waals surface area (Å²) in [5.41, 5.74) is 0. The van der Waals surface area contributed by atoms with Crippen molar-refractivity contribution in [3.63, 3.8) is 0 Å². The van der Waals surface area contributed by atoms with Crippen LogP contribution < -0.4 is 0 Å². The average molecular weight is 388 g/mol. The van der Waals surface area contributed by atoms with Crippen molar-refractivity contribution < 1.29 is 4.79 Å². The molecule has 1 amide bonds. The molecule has 0 unspecified atom stereocenters. The molecule has 24 heavy (non-hydrogen) atoms. The lowest BCUT2D eigenvalue weighted by Crippen LogP contribution is -2.28. The van der Waals surface area contributed by atoms with Crippen LogP contribution in [0.5, 0.6) is 0 Å². The second-order valence-electron chi connectivity index (χ2n) is 5.61. The molecule has 0 aliphatic heterocycles. The van der Waals surface area contributed by atoms with Crippen molar-refractivity contribution in [3.05, 3.63) is 39.2 Å². The molecule has 5 heteroatoms. The number of halogens is 2. The van der Waals surface area contributed by atoms with E-state index in [-0.39, 0.29) is 5.91 Å². The minimum Gasteiger partial charge on any atom is -0.340 e. The second-order valence-corrected chi connectivity index (χ2v) is 7.62. The van der Waals surface area contributed by atoms with Crippen LogP contribution in [0.1, 0.15) is 52.9 Å². The zero-order chi connectivity index (χ0) is 17.9. The third-order valence-electron chi connectivity index (χ3n) is 3.77. The first kappa shape index (κ1) is 21.4. The predicted molar refractivity (Wildman–Crippen MR) is 107 cm³/mol. The number of rotatable bonds is 10. The Kier molecular flexibility index (Phi) is 10.6. The zero-order valence-electron chi connectivity index (χ0n) is 14.8. The van der Waals surface area contributed by atoms with Gasteiger partial charge in [0.05, 0.1) is 5.02 Å². The summed E-state index contributed by atoms with van der Waals surface area (Å²) in [7, 11) is 0. The maximum Gasteiger partial charge on any atom is 0.247 e. The maximum absolute atomic E-state index is 12.4. The van der Waals surface area contributed by atoms with Gasteiger partial charge in [-0.05, 0) is 49.8 Å². The van der Waals surface area contributed by atoms with Gasteiger partial charge in [0.1, 0.15) is 0 Å². The summed E-state index contributed by atoms with van der Waals surface area (Å²) in [4.78, 5) is 16.2. The molecule has 134 valence electrons. The Morgan fingerprint density at radius 3 is 2.42 bits per heavy atom. The molecule has 0 aliphatic rings. The minimum atomic E-state index is 0.0723. The number of nitrogens with zero attached hydrogens (tertiary/aromatic N) is 1. The van der Waals surface area contributed by atoms with Gasteiger partial charge >= 0.3 is 0 Å². The molecule has 0 heterocycles. The Bertz CT molecular complexity index is 556. The van der Waals surface area contributed by atoms with Gasteiger partial charge in [-0.25, -0.2) is 0 Å². The van der Waals surface area contributed by atoms with E-state index in [1.54, 1.807) is 23.9 Å². The van der Waals surface area contributed by atoms with Crippen LogP contribution in [-0.4, -0.2) is 23.9 Å². The fraction of sp³-hybridized carbons (Fsp3) is 0.526. The van der Waals surface area contributed by atoms with E-state index in [9.17, 15) is 4.79 Å². The first-order valence-corrected chi connectivity index (χ1v) is 10.2. The van der Waals surface area contributed by atoms with Crippen LogP contribution in [0.25, 0.3) is 0 Å². The number of carbonyl (C=O) groups excluding carboxylic acids is 1. The predicted octanol–water partition coefficient (Wildman–Crippen LogP) is 6.81. The third-order valence-corrected chi connectivity index (χ3v) is 5.59. The Hall–Kier alpha value is -0.640. The Morgan fingerprint density at radius 1 is 1.12 bits per heavy atom. The summed E-state index contributed by atoms with van der Waals surface area (Å²) in [6.07, 6.45) is 7.37. The Labute approximate surface area is 160 Å². The fourth-order valence-corrected chi connectivity index (χ4v) is 3.85. The number of unbranched alkanes of at least 4 members (excludes halogenated alkanes) is 3. The lowest BCUT2D eigenvalue weighted by atomic mass is 10.1. The smallest absolute Gasteiger partial charge is 0.247 e. The summed E-state index contributed by atoms with van der Waals surface area (Å²) in [5.74, 6) is 0.0723. The van der Waals surface area contributed by atoms with Crippen molar-refractivity contribution >= 4 is 40.9 Å². The monoisotopic (exact) mass is 387 g/mol. The standard InChI is InChI=1S/C19H27Cl2NOS/c1-4-7-8-9-10-16(14-19(23)22(5-2)6-3)24-18-12-11-15(20)13-17(18)21/h11-14H,4-10H2,1-3H3/b16-14+. The molecule has 0 saturated carbocycles. The average Bonchev–Trinajstić information content (AvgIpc) is 2.55. The molecule has 1 aromatic rings. The van der Waals surface area contributed by atoms with Crippen LogP contribution in [-0.2, 0) is 4.79 Å². The highest BCUT2D eigenvalue weighted by Crippen LogP contribution is 2.36. The SMILES string of the molecule is CCCCCC/C(=C\C(=O)N(CC)CC)Sc1ccc(Cl)cc1Cl. The summed E-state index contributed by atoms with van der Waals surface area (Å²) in [6.45, 7) is 7.64. The van der Waals surface area contributed by atoms with Gasteiger partial charge in [0.25, 0.3) is 0 Å². The van der Waals surface area contributed by atoms with Gasteiger partial charge in [0.15, 0.2) is 0 Å². The molecule has 1 rings (SSSR count). The number of amides is 1. The summed E-state index contributed by atoms with van der Waals surface area (Å²) < 4.78 is 0. The molecule has 0 spiro atoms. The van der Waals surface area contributed by atoms with E-state index in [0.717, 1.165) is 35.7 Å². The molecule has 0 radical (unpaired) electrons. The molecular weight excluding hydrogens is 361 g/mol. The molecule has 1 aromatic carbocycles. The molecule has 0 aliphatic carbocycles. The first-order valence-electron chi connectivity index (χ1n) is 8.64. The van der Waals surface area contributed by atoms with Crippen molar-refractivity contribution in [3.8, 4) is 0 Å². The van der Waals surface area contributed by atoms with E-state index in [1.165, 1.54) is 19.3 Å². The van der Waals surface area contributed by atoms with E-state index in [1.807, 2.05) is 30.9 Å². The van der Waals surface area contributed by atoms with Crippen LogP contribution in [0.3, 0.4) is 0 Å². The molecule has 0 fully saturated rings. The Morgan fingerprint density at radius 2 is 1.83 bits per heavy atom. The quantitative estimate of drug-likeness (QED) is 0.249. The maximum atomic E-state index is 12.4. The number of hydrogen-bond acceptors (Lipinski definition) is 2. The van der Waals surface area contributed by atoms with E-state index in [2.05, 4.69) is 6.92 Å². The fourth-order valence-electron chi connectivity index (χ4n) is 2.34. The van der Waals surface area contributed by atoms with Crippen molar-refractivity contribution in [1.82, 2.24) is 4.90 Å². The molecular formula is C19H27Cl2NOS. The van der Waals surface area contributed by atoms with E-state index in [0.29, 0.717) is 10.0 Å². The molecule has 0 atom stereocenters. The number of allylic oxidation sites excluding steroid dienone is 1. The highest BCUT2D eigenvalue weighted by Gasteiger charge is 2.11. The molecule has 0 aromatic heterocycles. The first-order chi connectivity index (χ1) is 11.5. The minimum absolute atomic E-state index is 0.0723. The lowest BCUT2D eigenvalue weighted by Gasteiger charge is -2.17. The van der Waals surface area contributed by atoms with Crippen LogP contribution in [0.15, 0.2) is 34.1 Å². The normalized spacial score (nSPS) is 11.6. The Balaban J connectivity index is 2.89. The van der Waals surface area contributed by atoms with Gasteiger partial charge < -0.3 is 4.90 Å². The van der Waals surface area contributed by atoms with E-state index >= 15 is 0 Å². The summed E-state index contributed by atoms with van der Waals surface area (Å²) in [5, 5.41) is 1.25. The molecule has 2 nitrogen and oxygen atoms in total. The van der Waals surface area contributed by atoms with Crippen molar-refractivity contribution in [2.75, 3.05) is 13.1 Å². The van der Waals surface area contributed by atoms with Crippen molar-refractivity contribution in [2.24, 2.45) is 0 Å². The summed E-state index contributed by atoms with van der Waals surface area (Å²) in [6, 6.07) is 5.49. The molecule has 0 N–H and O–H groups in total. The van der Waals surface area contributed by atoms with Gasteiger partial charge in [0.2, 0.25) is 5.91 Å². The van der Waals surface area contributed by atoms with Gasteiger partial charge in [-0.15, -0.1) is 0 Å². The zero-order valence-corrected chi connectivity index (χ0v) is 17.1. The van der Waals surface area contributed by atoms with Crippen molar-refractivity contribution in [2.45, 2.75) is 57.8 Å². The number of carbonyl (C=O) groups is 1. The second kappa shape index (κ2) is 11.8. The molecule has 0 saturated heterocycles. The van der Waals surface area contributed by atoms with Gasteiger partial charge in [-0.3, -0.25) is 4.79 Å². The van der Waals surface area contributed by atoms with Crippen LogP contribution in [0.4, 0.5) is 0 Å².